The molecule has 0 amide bonds. The lowest BCUT2D eigenvalue weighted by molar-refractivity contribution is -0.166. The fraction of sp³-hybridized carbons (Fsp3) is 0.591. The number of unbranched alkanes of at least 4 members (excludes halogenated alkanes) is 2. The highest BCUT2D eigenvalue weighted by molar-refractivity contribution is 9.10. The van der Waals surface area contributed by atoms with Crippen molar-refractivity contribution < 1.29 is 28.7 Å². The first-order valence-corrected chi connectivity index (χ1v) is 11.3. The van der Waals surface area contributed by atoms with Crippen molar-refractivity contribution in [3.05, 3.63) is 28.7 Å². The molecule has 1 aromatic carbocycles. The van der Waals surface area contributed by atoms with Crippen LogP contribution in [0.15, 0.2) is 28.7 Å². The first kappa shape index (κ1) is 24.3. The van der Waals surface area contributed by atoms with E-state index in [0.717, 1.165) is 23.6 Å². The summed E-state index contributed by atoms with van der Waals surface area (Å²) in [4.78, 5) is 43.0. The number of esters is 2. The Morgan fingerprint density at radius 1 is 1.10 bits per heavy atom. The molecule has 1 fully saturated rings. The van der Waals surface area contributed by atoms with E-state index in [4.69, 9.17) is 14.3 Å². The Labute approximate surface area is 186 Å². The second-order valence-corrected chi connectivity index (χ2v) is 8.16. The van der Waals surface area contributed by atoms with Crippen LogP contribution in [0, 0.1) is 5.92 Å². The summed E-state index contributed by atoms with van der Waals surface area (Å²) in [5.74, 6) is -2.40. The highest BCUT2D eigenvalue weighted by Crippen LogP contribution is 2.32. The van der Waals surface area contributed by atoms with E-state index in [2.05, 4.69) is 15.9 Å². The Balaban J connectivity index is 2.30. The molecule has 0 saturated carbocycles. The lowest BCUT2D eigenvalue weighted by atomic mass is 9.92. The van der Waals surface area contributed by atoms with E-state index in [-0.39, 0.29) is 13.2 Å². The molecule has 0 N–H and O–H groups in total. The number of carbonyl (C=O) groups excluding carboxylic acids is 3. The zero-order valence-electron chi connectivity index (χ0n) is 17.6. The number of hydrogen-bond donors (Lipinski definition) is 0. The van der Waals surface area contributed by atoms with Crippen molar-refractivity contribution in [3.63, 3.8) is 0 Å². The average molecular weight is 484 g/mol. The molecule has 0 unspecified atom stereocenters. The van der Waals surface area contributed by atoms with Crippen molar-refractivity contribution in [2.24, 2.45) is 5.92 Å². The molecule has 2 atom stereocenters. The number of halogens is 1. The van der Waals surface area contributed by atoms with Gasteiger partial charge in [-0.2, -0.15) is 0 Å². The molecule has 0 aliphatic carbocycles. The summed E-state index contributed by atoms with van der Waals surface area (Å²) in [7, 11) is 0. The van der Waals surface area contributed by atoms with Crippen LogP contribution in [0.3, 0.4) is 0 Å². The molecule has 1 saturated heterocycles. The maximum Gasteiger partial charge on any atom is 0.322 e. The van der Waals surface area contributed by atoms with Gasteiger partial charge >= 0.3 is 11.9 Å². The largest absolute Gasteiger partial charge is 0.465 e. The molecule has 0 aromatic heterocycles. The molecule has 1 heterocycles. The molecule has 0 bridgehead atoms. The van der Waals surface area contributed by atoms with E-state index in [1.165, 1.54) is 5.06 Å². The Bertz CT molecular complexity index is 673. The van der Waals surface area contributed by atoms with Gasteiger partial charge in [0.25, 0.3) is 0 Å². The standard InChI is InChI=1S/C22H30BrNO6/c1-3-5-13-28-21(26)20(22(27)29-14-6-4-2)19-12-11-18(15-25)30-24(19)17-9-7-16(23)8-10-17/h7-10,15,18-20H,3-6,11-14H2,1-2H3/t18-,19-/m1/s1. The van der Waals surface area contributed by atoms with Gasteiger partial charge in [-0.3, -0.25) is 14.4 Å². The highest BCUT2D eigenvalue weighted by atomic mass is 79.9. The minimum atomic E-state index is -1.16. The predicted molar refractivity (Wildman–Crippen MR) is 116 cm³/mol. The lowest BCUT2D eigenvalue weighted by Crippen LogP contribution is -2.53. The van der Waals surface area contributed by atoms with Gasteiger partial charge in [0.2, 0.25) is 0 Å². The van der Waals surface area contributed by atoms with Crippen molar-refractivity contribution in [1.82, 2.24) is 0 Å². The van der Waals surface area contributed by atoms with Crippen LogP contribution >= 0.6 is 15.9 Å². The second-order valence-electron chi connectivity index (χ2n) is 7.25. The number of benzene rings is 1. The molecular formula is C22H30BrNO6. The van der Waals surface area contributed by atoms with Gasteiger partial charge in [-0.05, 0) is 49.9 Å². The molecule has 1 aromatic rings. The van der Waals surface area contributed by atoms with Gasteiger partial charge in [-0.15, -0.1) is 0 Å². The Morgan fingerprint density at radius 3 is 2.17 bits per heavy atom. The molecule has 2 rings (SSSR count). The number of hydroxylamine groups is 1. The second kappa shape index (κ2) is 12.7. The third-order valence-corrected chi connectivity index (χ3v) is 5.44. The maximum atomic E-state index is 12.9. The van der Waals surface area contributed by atoms with Gasteiger partial charge in [0.15, 0.2) is 12.2 Å². The van der Waals surface area contributed by atoms with Gasteiger partial charge in [0.05, 0.1) is 24.9 Å². The number of ether oxygens (including phenoxy) is 2. The van der Waals surface area contributed by atoms with Crippen LogP contribution in [0.5, 0.6) is 0 Å². The van der Waals surface area contributed by atoms with Crippen LogP contribution < -0.4 is 5.06 Å². The summed E-state index contributed by atoms with van der Waals surface area (Å²) >= 11 is 3.39. The van der Waals surface area contributed by atoms with Crippen LogP contribution in [0.25, 0.3) is 0 Å². The molecule has 7 nitrogen and oxygen atoms in total. The van der Waals surface area contributed by atoms with Gasteiger partial charge in [-0.1, -0.05) is 42.6 Å². The molecule has 0 radical (unpaired) electrons. The van der Waals surface area contributed by atoms with Gasteiger partial charge in [0.1, 0.15) is 6.10 Å². The molecule has 1 aliphatic rings. The van der Waals surface area contributed by atoms with Crippen LogP contribution in [0.4, 0.5) is 5.69 Å². The summed E-state index contributed by atoms with van der Waals surface area (Å²) in [5, 5.41) is 1.49. The summed E-state index contributed by atoms with van der Waals surface area (Å²) < 4.78 is 11.6. The molecule has 1 aliphatic heterocycles. The molecule has 166 valence electrons. The number of aldehydes is 1. The highest BCUT2D eigenvalue weighted by Gasteiger charge is 2.44. The third-order valence-electron chi connectivity index (χ3n) is 4.91. The number of rotatable bonds is 11. The van der Waals surface area contributed by atoms with E-state index in [0.29, 0.717) is 31.4 Å². The Hall–Kier alpha value is -1.93. The SMILES string of the molecule is CCCCOC(=O)C(C(=O)OCCCC)[C@H]1CC[C@H](C=O)ON1c1ccc(Br)cc1. The van der Waals surface area contributed by atoms with E-state index >= 15 is 0 Å². The first-order valence-electron chi connectivity index (χ1n) is 10.5. The smallest absolute Gasteiger partial charge is 0.322 e. The summed E-state index contributed by atoms with van der Waals surface area (Å²) in [6, 6.07) is 6.62. The minimum Gasteiger partial charge on any atom is -0.465 e. The van der Waals surface area contributed by atoms with Crippen molar-refractivity contribution >= 4 is 39.8 Å². The topological polar surface area (TPSA) is 82.1 Å². The van der Waals surface area contributed by atoms with Crippen LogP contribution in [0.1, 0.15) is 52.4 Å². The zero-order chi connectivity index (χ0) is 21.9. The monoisotopic (exact) mass is 483 g/mol. The fourth-order valence-electron chi connectivity index (χ4n) is 3.19. The quantitative estimate of drug-likeness (QED) is 0.201. The van der Waals surface area contributed by atoms with Crippen molar-refractivity contribution in [1.29, 1.82) is 0 Å². The molecule has 8 heteroatoms. The number of carbonyl (C=O) groups is 3. The van der Waals surface area contributed by atoms with Gasteiger partial charge < -0.3 is 14.3 Å². The summed E-state index contributed by atoms with van der Waals surface area (Å²) in [5.41, 5.74) is 0.641. The van der Waals surface area contributed by atoms with Gasteiger partial charge in [-0.25, -0.2) is 5.06 Å². The van der Waals surface area contributed by atoms with Crippen LogP contribution in [-0.2, 0) is 28.7 Å². The normalized spacial score (nSPS) is 18.9. The van der Waals surface area contributed by atoms with Crippen molar-refractivity contribution in [2.75, 3.05) is 18.3 Å². The van der Waals surface area contributed by atoms with E-state index < -0.39 is 30.0 Å². The molecule has 30 heavy (non-hydrogen) atoms. The third kappa shape index (κ3) is 6.80. The van der Waals surface area contributed by atoms with E-state index in [1.807, 2.05) is 26.0 Å². The van der Waals surface area contributed by atoms with E-state index in [1.54, 1.807) is 12.1 Å². The Kier molecular flexibility index (Phi) is 10.3. The average Bonchev–Trinajstić information content (AvgIpc) is 2.75. The number of nitrogens with zero attached hydrogens (tertiary/aromatic N) is 1. The van der Waals surface area contributed by atoms with Crippen molar-refractivity contribution in [2.45, 2.75) is 64.5 Å². The fourth-order valence-corrected chi connectivity index (χ4v) is 3.45. The Morgan fingerprint density at radius 2 is 1.67 bits per heavy atom. The molecular weight excluding hydrogens is 454 g/mol. The predicted octanol–water partition coefficient (Wildman–Crippen LogP) is 4.22. The zero-order valence-corrected chi connectivity index (χ0v) is 19.1. The van der Waals surface area contributed by atoms with Crippen LogP contribution in [-0.4, -0.2) is 43.6 Å². The number of hydrogen-bond acceptors (Lipinski definition) is 7. The summed E-state index contributed by atoms with van der Waals surface area (Å²) in [6.45, 7) is 4.48. The summed E-state index contributed by atoms with van der Waals surface area (Å²) in [6.07, 6.45) is 4.09. The van der Waals surface area contributed by atoms with Gasteiger partial charge in [0, 0.05) is 4.47 Å². The first-order chi connectivity index (χ1) is 14.5. The number of anilines is 1. The van der Waals surface area contributed by atoms with Crippen LogP contribution in [0.2, 0.25) is 0 Å². The minimum absolute atomic E-state index is 0.247. The van der Waals surface area contributed by atoms with Crippen molar-refractivity contribution in [3.8, 4) is 0 Å². The molecule has 0 spiro atoms. The maximum absolute atomic E-state index is 12.9. The lowest BCUT2D eigenvalue weighted by Gasteiger charge is -2.40. The van der Waals surface area contributed by atoms with E-state index in [9.17, 15) is 14.4 Å².